The number of Topliss-reactive ketones (excluding diaryl/α,β-unsaturated/α-hetero) is 1. The normalized spacial score (nSPS) is 17.1. The Morgan fingerprint density at radius 2 is 1.79 bits per heavy atom. The van der Waals surface area contributed by atoms with Crippen molar-refractivity contribution < 1.29 is 29.3 Å². The Kier molecular flexibility index (Phi) is 6.47. The zero-order chi connectivity index (χ0) is 24.4. The predicted molar refractivity (Wildman–Crippen MR) is 129 cm³/mol. The van der Waals surface area contributed by atoms with Gasteiger partial charge >= 0.3 is 0 Å². The molecule has 3 aromatic carbocycles. The highest BCUT2D eigenvalue weighted by Crippen LogP contribution is 2.44. The lowest BCUT2D eigenvalue weighted by Gasteiger charge is -2.26. The summed E-state index contributed by atoms with van der Waals surface area (Å²) in [7, 11) is 1.47. The van der Waals surface area contributed by atoms with Gasteiger partial charge in [-0.2, -0.15) is 0 Å². The Hall–Kier alpha value is -3.97. The summed E-state index contributed by atoms with van der Waals surface area (Å²) >= 11 is 6.29. The van der Waals surface area contributed by atoms with Crippen LogP contribution in [-0.4, -0.2) is 35.6 Å². The first-order valence-corrected chi connectivity index (χ1v) is 10.9. The standard InChI is InChI=1S/C26H22ClNO6/c1-3-34-19-6-4-5-16(13-19)24(30)22-23(15-7-10-18(29)11-8-15)28(26(32)25(22)31)17-9-12-21(33-2)20(27)14-17/h4-14,23,29-30H,3H2,1-2H3/b24-22+. The van der Waals surface area contributed by atoms with Gasteiger partial charge in [-0.15, -0.1) is 0 Å². The summed E-state index contributed by atoms with van der Waals surface area (Å²) in [4.78, 5) is 27.7. The SMILES string of the molecule is CCOc1cccc(/C(O)=C2\C(=O)C(=O)N(c3ccc(OC)c(Cl)c3)C2c2ccc(O)cc2)c1. The number of methoxy groups -OCH3 is 1. The number of amides is 1. The number of carbonyl (C=O) groups is 2. The van der Waals surface area contributed by atoms with Crippen molar-refractivity contribution in [1.82, 2.24) is 0 Å². The third-order valence-electron chi connectivity index (χ3n) is 5.49. The van der Waals surface area contributed by atoms with Crippen LogP contribution in [0, 0.1) is 0 Å². The third kappa shape index (κ3) is 4.18. The molecule has 1 fully saturated rings. The highest BCUT2D eigenvalue weighted by Gasteiger charge is 2.47. The average molecular weight is 480 g/mol. The van der Waals surface area contributed by atoms with Crippen molar-refractivity contribution in [2.45, 2.75) is 13.0 Å². The van der Waals surface area contributed by atoms with Crippen LogP contribution in [-0.2, 0) is 9.59 Å². The van der Waals surface area contributed by atoms with Crippen LogP contribution < -0.4 is 14.4 Å². The van der Waals surface area contributed by atoms with E-state index in [1.54, 1.807) is 48.5 Å². The molecule has 1 unspecified atom stereocenters. The molecule has 2 N–H and O–H groups in total. The fourth-order valence-corrected chi connectivity index (χ4v) is 4.18. The van der Waals surface area contributed by atoms with Gasteiger partial charge in [0, 0.05) is 11.3 Å². The summed E-state index contributed by atoms with van der Waals surface area (Å²) < 4.78 is 10.7. The van der Waals surface area contributed by atoms with Crippen LogP contribution in [0.2, 0.25) is 5.02 Å². The molecule has 1 aliphatic heterocycles. The second kappa shape index (κ2) is 9.49. The van der Waals surface area contributed by atoms with E-state index in [2.05, 4.69) is 0 Å². The molecule has 1 saturated heterocycles. The maximum absolute atomic E-state index is 13.2. The third-order valence-corrected chi connectivity index (χ3v) is 5.78. The molecule has 8 heteroatoms. The lowest BCUT2D eigenvalue weighted by Crippen LogP contribution is -2.29. The smallest absolute Gasteiger partial charge is 0.300 e. The summed E-state index contributed by atoms with van der Waals surface area (Å²) in [6.45, 7) is 2.27. The van der Waals surface area contributed by atoms with E-state index in [4.69, 9.17) is 21.1 Å². The number of aliphatic hydroxyl groups is 1. The number of aliphatic hydroxyl groups excluding tert-OH is 1. The number of rotatable bonds is 6. The molecule has 7 nitrogen and oxygen atoms in total. The van der Waals surface area contributed by atoms with Crippen molar-refractivity contribution in [3.63, 3.8) is 0 Å². The van der Waals surface area contributed by atoms with Crippen LogP contribution in [0.25, 0.3) is 5.76 Å². The largest absolute Gasteiger partial charge is 0.508 e. The van der Waals surface area contributed by atoms with Crippen LogP contribution in [0.1, 0.15) is 24.1 Å². The molecule has 174 valence electrons. The van der Waals surface area contributed by atoms with Gasteiger partial charge in [0.05, 0.1) is 30.4 Å². The molecule has 3 aromatic rings. The Balaban J connectivity index is 1.92. The number of phenolic OH excluding ortho intramolecular Hbond substituents is 1. The molecule has 0 aliphatic carbocycles. The molecule has 1 aliphatic rings. The van der Waals surface area contributed by atoms with E-state index in [-0.39, 0.29) is 22.1 Å². The van der Waals surface area contributed by atoms with Crippen LogP contribution in [0.3, 0.4) is 0 Å². The van der Waals surface area contributed by atoms with Crippen LogP contribution in [0.4, 0.5) is 5.69 Å². The first-order valence-electron chi connectivity index (χ1n) is 10.5. The first kappa shape index (κ1) is 23.2. The van der Waals surface area contributed by atoms with Crippen molar-refractivity contribution in [1.29, 1.82) is 0 Å². The van der Waals surface area contributed by atoms with Gasteiger partial charge < -0.3 is 19.7 Å². The van der Waals surface area contributed by atoms with Crippen molar-refractivity contribution in [2.75, 3.05) is 18.6 Å². The maximum atomic E-state index is 13.2. The summed E-state index contributed by atoms with van der Waals surface area (Å²) in [5, 5.41) is 21.2. The minimum absolute atomic E-state index is 0.0256. The molecule has 0 bridgehead atoms. The van der Waals surface area contributed by atoms with E-state index in [9.17, 15) is 19.8 Å². The number of nitrogens with zero attached hydrogens (tertiary/aromatic N) is 1. The number of ether oxygens (including phenoxy) is 2. The second-order valence-corrected chi connectivity index (χ2v) is 7.95. The average Bonchev–Trinajstić information content (AvgIpc) is 3.10. The van der Waals surface area contributed by atoms with Crippen LogP contribution >= 0.6 is 11.6 Å². The number of aromatic hydroxyl groups is 1. The molecule has 1 amide bonds. The van der Waals surface area contributed by atoms with Gasteiger partial charge in [-0.3, -0.25) is 14.5 Å². The van der Waals surface area contributed by atoms with Gasteiger partial charge in [-0.25, -0.2) is 0 Å². The molecule has 0 aromatic heterocycles. The lowest BCUT2D eigenvalue weighted by molar-refractivity contribution is -0.132. The second-order valence-electron chi connectivity index (χ2n) is 7.54. The number of ketones is 1. The van der Waals surface area contributed by atoms with E-state index >= 15 is 0 Å². The topological polar surface area (TPSA) is 96.3 Å². The van der Waals surface area contributed by atoms with E-state index < -0.39 is 17.7 Å². The monoisotopic (exact) mass is 479 g/mol. The predicted octanol–water partition coefficient (Wildman–Crippen LogP) is 5.08. The van der Waals surface area contributed by atoms with Gasteiger partial charge in [-0.05, 0) is 55.0 Å². The molecular formula is C26H22ClNO6. The minimum Gasteiger partial charge on any atom is -0.508 e. The van der Waals surface area contributed by atoms with E-state index in [1.807, 2.05) is 6.92 Å². The lowest BCUT2D eigenvalue weighted by atomic mass is 9.95. The summed E-state index contributed by atoms with van der Waals surface area (Å²) in [5.74, 6) is -1.04. The number of hydrogen-bond donors (Lipinski definition) is 2. The zero-order valence-electron chi connectivity index (χ0n) is 18.5. The van der Waals surface area contributed by atoms with Gasteiger partial charge in [0.15, 0.2) is 0 Å². The Labute approximate surface area is 201 Å². The van der Waals surface area contributed by atoms with Gasteiger partial charge in [-0.1, -0.05) is 35.9 Å². The fraction of sp³-hybridized carbons (Fsp3) is 0.154. The number of anilines is 1. The summed E-state index contributed by atoms with van der Waals surface area (Å²) in [5.41, 5.74) is 1.12. The Morgan fingerprint density at radius 1 is 1.06 bits per heavy atom. The molecule has 4 rings (SSSR count). The highest BCUT2D eigenvalue weighted by atomic mass is 35.5. The van der Waals surface area contributed by atoms with Crippen molar-refractivity contribution in [3.05, 3.63) is 88.5 Å². The fourth-order valence-electron chi connectivity index (χ4n) is 3.93. The van der Waals surface area contributed by atoms with Crippen molar-refractivity contribution in [2.24, 2.45) is 0 Å². The molecule has 0 saturated carbocycles. The maximum Gasteiger partial charge on any atom is 0.300 e. The van der Waals surface area contributed by atoms with Crippen molar-refractivity contribution in [3.8, 4) is 17.2 Å². The van der Waals surface area contributed by atoms with Gasteiger partial charge in [0.1, 0.15) is 23.0 Å². The first-order chi connectivity index (χ1) is 16.3. The van der Waals surface area contributed by atoms with E-state index in [0.717, 1.165) is 0 Å². The van der Waals surface area contributed by atoms with E-state index in [0.29, 0.717) is 34.9 Å². The number of phenols is 1. The van der Waals surface area contributed by atoms with Gasteiger partial charge in [0.2, 0.25) is 0 Å². The van der Waals surface area contributed by atoms with E-state index in [1.165, 1.54) is 30.2 Å². The number of halogens is 1. The molecule has 1 heterocycles. The summed E-state index contributed by atoms with van der Waals surface area (Å²) in [6, 6.07) is 16.5. The highest BCUT2D eigenvalue weighted by molar-refractivity contribution is 6.51. The van der Waals surface area contributed by atoms with Gasteiger partial charge in [0.25, 0.3) is 11.7 Å². The number of benzene rings is 3. The number of hydrogen-bond acceptors (Lipinski definition) is 6. The van der Waals surface area contributed by atoms with Crippen LogP contribution in [0.15, 0.2) is 72.3 Å². The molecule has 0 spiro atoms. The molecular weight excluding hydrogens is 458 g/mol. The Bertz CT molecular complexity index is 1280. The molecule has 1 atom stereocenters. The number of carbonyl (C=O) groups excluding carboxylic acids is 2. The summed E-state index contributed by atoms with van der Waals surface area (Å²) in [6.07, 6.45) is 0. The zero-order valence-corrected chi connectivity index (χ0v) is 19.2. The van der Waals surface area contributed by atoms with Crippen molar-refractivity contribution >= 4 is 34.7 Å². The quantitative estimate of drug-likeness (QED) is 0.291. The minimum atomic E-state index is -0.958. The Morgan fingerprint density at radius 3 is 2.44 bits per heavy atom. The molecule has 34 heavy (non-hydrogen) atoms. The molecule has 0 radical (unpaired) electrons. The van der Waals surface area contributed by atoms with Crippen LogP contribution in [0.5, 0.6) is 17.2 Å².